The van der Waals surface area contributed by atoms with Crippen LogP contribution in [0.5, 0.6) is 0 Å². The van der Waals surface area contributed by atoms with Crippen LogP contribution in [0, 0.1) is 0 Å². The van der Waals surface area contributed by atoms with E-state index in [2.05, 4.69) is 47.1 Å². The van der Waals surface area contributed by atoms with Gasteiger partial charge in [0, 0.05) is 28.9 Å². The number of aromatic nitrogens is 1. The number of para-hydroxylation sites is 1. The Morgan fingerprint density at radius 2 is 1.81 bits per heavy atom. The number of benzene rings is 2. The highest BCUT2D eigenvalue weighted by atomic mass is 16.3. The molecule has 4 nitrogen and oxygen atoms in total. The van der Waals surface area contributed by atoms with Crippen molar-refractivity contribution in [2.75, 3.05) is 25.0 Å². The molecule has 5 rings (SSSR count). The molecule has 0 atom stereocenters. The molecule has 1 fully saturated rings. The Morgan fingerprint density at radius 1 is 1.00 bits per heavy atom. The molecule has 3 heterocycles. The molecular weight excluding hydrogens is 382 g/mol. The van der Waals surface area contributed by atoms with Crippen LogP contribution in [-0.2, 0) is 6.42 Å². The van der Waals surface area contributed by atoms with E-state index in [4.69, 9.17) is 9.40 Å². The van der Waals surface area contributed by atoms with Crippen molar-refractivity contribution >= 4 is 22.3 Å². The molecule has 1 saturated heterocycles. The molecular formula is C27H27N3O. The summed E-state index contributed by atoms with van der Waals surface area (Å²) in [4.78, 5) is 7.32. The fraction of sp³-hybridized carbons (Fsp3) is 0.222. The van der Waals surface area contributed by atoms with Gasteiger partial charge in [-0.3, -0.25) is 0 Å². The molecule has 0 unspecified atom stereocenters. The van der Waals surface area contributed by atoms with Gasteiger partial charge < -0.3 is 14.6 Å². The van der Waals surface area contributed by atoms with Crippen LogP contribution in [0.3, 0.4) is 0 Å². The SMILES string of the molecule is C=C(Nc1ccc(CCN2CCCC2)cc1)c1cc(-c2ccco2)nc2ccccc12. The third-order valence-electron chi connectivity index (χ3n) is 5.98. The van der Waals surface area contributed by atoms with Gasteiger partial charge in [0.25, 0.3) is 0 Å². The van der Waals surface area contributed by atoms with E-state index in [0.29, 0.717) is 0 Å². The van der Waals surface area contributed by atoms with Crippen LogP contribution < -0.4 is 5.32 Å². The third-order valence-corrected chi connectivity index (χ3v) is 5.98. The molecule has 0 radical (unpaired) electrons. The quantitative estimate of drug-likeness (QED) is 0.394. The zero-order valence-electron chi connectivity index (χ0n) is 17.7. The molecule has 0 bridgehead atoms. The summed E-state index contributed by atoms with van der Waals surface area (Å²) in [7, 11) is 0. The second-order valence-electron chi connectivity index (χ2n) is 8.15. The maximum atomic E-state index is 5.58. The molecule has 2 aromatic heterocycles. The van der Waals surface area contributed by atoms with Gasteiger partial charge in [-0.25, -0.2) is 4.98 Å². The van der Waals surface area contributed by atoms with Crippen molar-refractivity contribution in [3.63, 3.8) is 0 Å². The van der Waals surface area contributed by atoms with E-state index < -0.39 is 0 Å². The van der Waals surface area contributed by atoms with Crippen LogP contribution in [0.4, 0.5) is 5.69 Å². The molecule has 0 spiro atoms. The highest BCUT2D eigenvalue weighted by Gasteiger charge is 2.13. The van der Waals surface area contributed by atoms with Gasteiger partial charge in [-0.15, -0.1) is 0 Å². The Hall–Kier alpha value is -3.37. The van der Waals surface area contributed by atoms with Crippen LogP contribution in [0.25, 0.3) is 28.1 Å². The van der Waals surface area contributed by atoms with Crippen molar-refractivity contribution in [2.24, 2.45) is 0 Å². The van der Waals surface area contributed by atoms with Crippen molar-refractivity contribution < 1.29 is 4.42 Å². The number of rotatable bonds is 7. The molecule has 1 N–H and O–H groups in total. The zero-order valence-corrected chi connectivity index (χ0v) is 17.7. The number of likely N-dealkylation sites (tertiary alicyclic amines) is 1. The zero-order chi connectivity index (χ0) is 21.0. The smallest absolute Gasteiger partial charge is 0.152 e. The van der Waals surface area contributed by atoms with Crippen molar-refractivity contribution in [3.8, 4) is 11.5 Å². The average Bonchev–Trinajstić information content (AvgIpc) is 3.52. The first-order chi connectivity index (χ1) is 15.3. The normalized spacial score (nSPS) is 14.2. The molecule has 0 amide bonds. The van der Waals surface area contributed by atoms with Crippen LogP contribution in [0.2, 0.25) is 0 Å². The summed E-state index contributed by atoms with van der Waals surface area (Å²) in [5, 5.41) is 4.55. The largest absolute Gasteiger partial charge is 0.463 e. The highest BCUT2D eigenvalue weighted by molar-refractivity contribution is 5.95. The van der Waals surface area contributed by atoms with Gasteiger partial charge in [-0.05, 0) is 74.3 Å². The van der Waals surface area contributed by atoms with Crippen molar-refractivity contribution in [1.82, 2.24) is 9.88 Å². The van der Waals surface area contributed by atoms with E-state index >= 15 is 0 Å². The van der Waals surface area contributed by atoms with Gasteiger partial charge in [0.1, 0.15) is 5.69 Å². The van der Waals surface area contributed by atoms with Crippen LogP contribution >= 0.6 is 0 Å². The molecule has 1 aliphatic heterocycles. The Balaban J connectivity index is 1.35. The number of nitrogens with zero attached hydrogens (tertiary/aromatic N) is 2. The van der Waals surface area contributed by atoms with E-state index in [1.54, 1.807) is 6.26 Å². The van der Waals surface area contributed by atoms with Gasteiger partial charge in [0.05, 0.1) is 11.8 Å². The lowest BCUT2D eigenvalue weighted by Crippen LogP contribution is -2.21. The van der Waals surface area contributed by atoms with E-state index in [1.165, 1.54) is 31.5 Å². The second kappa shape index (κ2) is 8.78. The molecule has 4 heteroatoms. The first-order valence-corrected chi connectivity index (χ1v) is 11.0. The van der Waals surface area contributed by atoms with E-state index in [1.807, 2.05) is 36.4 Å². The summed E-state index contributed by atoms with van der Waals surface area (Å²) in [6, 6.07) is 22.7. The molecule has 156 valence electrons. The van der Waals surface area contributed by atoms with Crippen LogP contribution in [0.15, 0.2) is 84.0 Å². The first-order valence-electron chi connectivity index (χ1n) is 11.0. The summed E-state index contributed by atoms with van der Waals surface area (Å²) in [5.74, 6) is 0.752. The Kier molecular flexibility index (Phi) is 5.55. The molecule has 2 aromatic carbocycles. The predicted octanol–water partition coefficient (Wildman–Crippen LogP) is 6.22. The van der Waals surface area contributed by atoms with E-state index in [9.17, 15) is 0 Å². The molecule has 0 aliphatic carbocycles. The van der Waals surface area contributed by atoms with Gasteiger partial charge in [-0.2, -0.15) is 0 Å². The number of anilines is 1. The van der Waals surface area contributed by atoms with Crippen LogP contribution in [0.1, 0.15) is 24.0 Å². The summed E-state index contributed by atoms with van der Waals surface area (Å²) < 4.78 is 5.58. The lowest BCUT2D eigenvalue weighted by molar-refractivity contribution is 0.343. The summed E-state index contributed by atoms with van der Waals surface area (Å²) in [5.41, 5.74) is 6.00. The number of nitrogens with one attached hydrogen (secondary N) is 1. The summed E-state index contributed by atoms with van der Waals surface area (Å²) in [6.45, 7) is 7.98. The molecule has 1 aliphatic rings. The summed E-state index contributed by atoms with van der Waals surface area (Å²) in [6.07, 6.45) is 5.46. The van der Waals surface area contributed by atoms with Gasteiger partial charge in [0.2, 0.25) is 0 Å². The standard InChI is InChI=1S/C27H27N3O/c1-20(28-22-12-10-21(11-13-22)14-17-30-15-4-5-16-30)24-19-26(27-9-6-18-31-27)29-25-8-3-2-7-23(24)25/h2-3,6-13,18-19,28H,1,4-5,14-17H2. The lowest BCUT2D eigenvalue weighted by atomic mass is 10.0. The van der Waals surface area contributed by atoms with Gasteiger partial charge in [0.15, 0.2) is 5.76 Å². The number of hydrogen-bond acceptors (Lipinski definition) is 4. The van der Waals surface area contributed by atoms with E-state index in [-0.39, 0.29) is 0 Å². The topological polar surface area (TPSA) is 41.3 Å². The second-order valence-corrected chi connectivity index (χ2v) is 8.15. The molecule has 31 heavy (non-hydrogen) atoms. The predicted molar refractivity (Wildman–Crippen MR) is 128 cm³/mol. The third kappa shape index (κ3) is 4.39. The minimum atomic E-state index is 0.752. The average molecular weight is 410 g/mol. The summed E-state index contributed by atoms with van der Waals surface area (Å²) >= 11 is 0. The number of furan rings is 1. The van der Waals surface area contributed by atoms with Crippen molar-refractivity contribution in [3.05, 3.63) is 90.7 Å². The Morgan fingerprint density at radius 3 is 2.58 bits per heavy atom. The van der Waals surface area contributed by atoms with Gasteiger partial charge >= 0.3 is 0 Å². The first kappa shape index (κ1) is 19.6. The number of fused-ring (bicyclic) bond motifs is 1. The maximum Gasteiger partial charge on any atom is 0.152 e. The lowest BCUT2D eigenvalue weighted by Gasteiger charge is -2.15. The fourth-order valence-electron chi connectivity index (χ4n) is 4.27. The van der Waals surface area contributed by atoms with Crippen LogP contribution in [-0.4, -0.2) is 29.5 Å². The Bertz CT molecular complexity index is 1170. The Labute approximate surface area is 183 Å². The van der Waals surface area contributed by atoms with Crippen molar-refractivity contribution in [2.45, 2.75) is 19.3 Å². The minimum absolute atomic E-state index is 0.752. The number of pyridine rings is 1. The molecule has 0 saturated carbocycles. The van der Waals surface area contributed by atoms with Gasteiger partial charge in [-0.1, -0.05) is 36.9 Å². The number of hydrogen-bond donors (Lipinski definition) is 1. The van der Waals surface area contributed by atoms with E-state index in [0.717, 1.165) is 52.3 Å². The monoisotopic (exact) mass is 409 g/mol. The van der Waals surface area contributed by atoms with Crippen molar-refractivity contribution in [1.29, 1.82) is 0 Å². The fourth-order valence-corrected chi connectivity index (χ4v) is 4.27. The minimum Gasteiger partial charge on any atom is -0.463 e. The molecule has 4 aromatic rings. The maximum absolute atomic E-state index is 5.58. The highest BCUT2D eigenvalue weighted by Crippen LogP contribution is 2.29.